The highest BCUT2D eigenvalue weighted by Crippen LogP contribution is 2.22. The summed E-state index contributed by atoms with van der Waals surface area (Å²) in [7, 11) is 0. The maximum absolute atomic E-state index is 12.3. The molecule has 1 aromatic heterocycles. The summed E-state index contributed by atoms with van der Waals surface area (Å²) in [4.78, 5) is 42.4. The summed E-state index contributed by atoms with van der Waals surface area (Å²) < 4.78 is 0. The summed E-state index contributed by atoms with van der Waals surface area (Å²) in [6.45, 7) is 0.758. The van der Waals surface area contributed by atoms with Crippen LogP contribution in [-0.4, -0.2) is 40.7 Å². The Labute approximate surface area is 168 Å². The molecule has 2 heterocycles. The van der Waals surface area contributed by atoms with Gasteiger partial charge in [0.1, 0.15) is 0 Å². The van der Waals surface area contributed by atoms with E-state index in [0.717, 1.165) is 16.5 Å². The van der Waals surface area contributed by atoms with E-state index in [1.165, 1.54) is 4.90 Å². The first-order valence-electron chi connectivity index (χ1n) is 9.69. The number of nitrogens with one attached hydrogen (secondary N) is 1. The number of benzene rings is 2. The second kappa shape index (κ2) is 8.22. The summed E-state index contributed by atoms with van der Waals surface area (Å²) in [5, 5.41) is 3.99. The number of aromatic nitrogens is 1. The van der Waals surface area contributed by atoms with Gasteiger partial charge < -0.3 is 5.32 Å². The molecule has 1 aliphatic rings. The summed E-state index contributed by atoms with van der Waals surface area (Å²) in [5.74, 6) is -0.654. The maximum atomic E-state index is 12.3. The smallest absolute Gasteiger partial charge is 0.261 e. The number of hydrogen-bond acceptors (Lipinski definition) is 4. The molecule has 4 rings (SSSR count). The van der Waals surface area contributed by atoms with Gasteiger partial charge in [0.15, 0.2) is 0 Å². The molecule has 0 aliphatic carbocycles. The molecule has 0 atom stereocenters. The molecule has 3 amide bonds. The minimum atomic E-state index is -0.283. The number of fused-ring (bicyclic) bond motifs is 2. The Morgan fingerprint density at radius 3 is 2.41 bits per heavy atom. The molecular weight excluding hydrogens is 366 g/mol. The van der Waals surface area contributed by atoms with Crippen LogP contribution in [0.5, 0.6) is 0 Å². The number of carbonyl (C=O) groups is 3. The van der Waals surface area contributed by atoms with E-state index in [0.29, 0.717) is 30.5 Å². The molecule has 0 unspecified atom stereocenters. The van der Waals surface area contributed by atoms with Gasteiger partial charge in [0.25, 0.3) is 11.8 Å². The molecule has 6 heteroatoms. The van der Waals surface area contributed by atoms with E-state index in [1.54, 1.807) is 30.5 Å². The van der Waals surface area contributed by atoms with Crippen LogP contribution in [-0.2, 0) is 11.2 Å². The molecule has 2 aromatic carbocycles. The van der Waals surface area contributed by atoms with Crippen LogP contribution in [0.3, 0.4) is 0 Å². The molecule has 29 heavy (non-hydrogen) atoms. The molecule has 0 saturated carbocycles. The molecular formula is C23H21N3O3. The van der Waals surface area contributed by atoms with Crippen molar-refractivity contribution in [1.82, 2.24) is 15.2 Å². The third-order valence-electron chi connectivity index (χ3n) is 5.10. The zero-order valence-corrected chi connectivity index (χ0v) is 15.9. The minimum absolute atomic E-state index is 0.0881. The molecule has 3 aromatic rings. The number of imide groups is 1. The van der Waals surface area contributed by atoms with Crippen LogP contribution in [0.15, 0.2) is 60.8 Å². The number of nitrogens with zero attached hydrogens (tertiary/aromatic N) is 2. The molecule has 0 radical (unpaired) electrons. The van der Waals surface area contributed by atoms with E-state index < -0.39 is 0 Å². The van der Waals surface area contributed by atoms with Gasteiger partial charge in [-0.25, -0.2) is 0 Å². The molecule has 6 nitrogen and oxygen atoms in total. The maximum Gasteiger partial charge on any atom is 0.261 e. The molecule has 0 fully saturated rings. The Bertz CT molecular complexity index is 1050. The second-order valence-electron chi connectivity index (χ2n) is 7.00. The lowest BCUT2D eigenvalue weighted by molar-refractivity contribution is -0.121. The van der Waals surface area contributed by atoms with Crippen molar-refractivity contribution in [3.8, 4) is 0 Å². The van der Waals surface area contributed by atoms with Crippen molar-refractivity contribution >= 4 is 28.6 Å². The van der Waals surface area contributed by atoms with Crippen molar-refractivity contribution in [2.45, 2.75) is 19.3 Å². The van der Waals surface area contributed by atoms with Gasteiger partial charge in [-0.3, -0.25) is 24.3 Å². The SMILES string of the molecule is O=C(CCCN1C(=O)c2ccccc2C1=O)NCCc1cccc2cccnc12. The van der Waals surface area contributed by atoms with Crippen molar-refractivity contribution in [3.05, 3.63) is 77.5 Å². The fourth-order valence-corrected chi connectivity index (χ4v) is 3.63. The lowest BCUT2D eigenvalue weighted by Gasteiger charge is -2.13. The first-order valence-corrected chi connectivity index (χ1v) is 9.69. The van der Waals surface area contributed by atoms with Crippen LogP contribution in [0, 0.1) is 0 Å². The Morgan fingerprint density at radius 1 is 0.931 bits per heavy atom. The molecule has 1 N–H and O–H groups in total. The molecule has 0 spiro atoms. The van der Waals surface area contributed by atoms with Gasteiger partial charge in [-0.2, -0.15) is 0 Å². The number of para-hydroxylation sites is 1. The van der Waals surface area contributed by atoms with Gasteiger partial charge in [0, 0.05) is 31.1 Å². The fraction of sp³-hybridized carbons (Fsp3) is 0.217. The van der Waals surface area contributed by atoms with Crippen LogP contribution in [0.1, 0.15) is 39.1 Å². The average Bonchev–Trinajstić information content (AvgIpc) is 2.99. The number of hydrogen-bond donors (Lipinski definition) is 1. The van der Waals surface area contributed by atoms with E-state index in [1.807, 2.05) is 30.3 Å². The van der Waals surface area contributed by atoms with Crippen molar-refractivity contribution in [1.29, 1.82) is 0 Å². The predicted molar refractivity (Wildman–Crippen MR) is 109 cm³/mol. The standard InChI is InChI=1S/C23H21N3O3/c27-20(24-14-12-17-7-3-6-16-8-4-13-25-21(16)17)11-5-15-26-22(28)18-9-1-2-10-19(18)23(26)29/h1-4,6-10,13H,5,11-12,14-15H2,(H,24,27). The van der Waals surface area contributed by atoms with Gasteiger partial charge in [0.2, 0.25) is 5.91 Å². The zero-order valence-electron chi connectivity index (χ0n) is 15.9. The summed E-state index contributed by atoms with van der Waals surface area (Å²) in [5.41, 5.74) is 2.92. The fourth-order valence-electron chi connectivity index (χ4n) is 3.63. The third-order valence-corrected chi connectivity index (χ3v) is 5.10. The normalized spacial score (nSPS) is 13.0. The van der Waals surface area contributed by atoms with E-state index in [9.17, 15) is 14.4 Å². The van der Waals surface area contributed by atoms with Crippen molar-refractivity contribution in [2.24, 2.45) is 0 Å². The topological polar surface area (TPSA) is 79.4 Å². The average molecular weight is 387 g/mol. The van der Waals surface area contributed by atoms with Crippen LogP contribution < -0.4 is 5.32 Å². The highest BCUT2D eigenvalue weighted by molar-refractivity contribution is 6.21. The quantitative estimate of drug-likeness (QED) is 0.632. The lowest BCUT2D eigenvalue weighted by Crippen LogP contribution is -2.32. The first-order chi connectivity index (χ1) is 14.1. The number of rotatable bonds is 7. The number of amides is 3. The predicted octanol–water partition coefficient (Wildman–Crippen LogP) is 2.97. The zero-order chi connectivity index (χ0) is 20.2. The third kappa shape index (κ3) is 3.87. The highest BCUT2D eigenvalue weighted by atomic mass is 16.2. The van der Waals surface area contributed by atoms with Gasteiger partial charge in [0.05, 0.1) is 16.6 Å². The molecule has 146 valence electrons. The van der Waals surface area contributed by atoms with Crippen LogP contribution in [0.2, 0.25) is 0 Å². The van der Waals surface area contributed by atoms with E-state index >= 15 is 0 Å². The number of carbonyl (C=O) groups excluding carboxylic acids is 3. The number of pyridine rings is 1. The Kier molecular flexibility index (Phi) is 5.33. The van der Waals surface area contributed by atoms with E-state index in [-0.39, 0.29) is 30.7 Å². The summed E-state index contributed by atoms with van der Waals surface area (Å²) >= 11 is 0. The van der Waals surface area contributed by atoms with Gasteiger partial charge >= 0.3 is 0 Å². The van der Waals surface area contributed by atoms with Crippen molar-refractivity contribution in [2.75, 3.05) is 13.1 Å². The Hall–Kier alpha value is -3.54. The van der Waals surface area contributed by atoms with Gasteiger partial charge in [-0.1, -0.05) is 36.4 Å². The van der Waals surface area contributed by atoms with E-state index in [4.69, 9.17) is 0 Å². The largest absolute Gasteiger partial charge is 0.356 e. The summed E-state index contributed by atoms with van der Waals surface area (Å²) in [6, 6.07) is 16.7. The van der Waals surface area contributed by atoms with Crippen LogP contribution in [0.4, 0.5) is 0 Å². The molecule has 1 aliphatic heterocycles. The van der Waals surface area contributed by atoms with Crippen LogP contribution >= 0.6 is 0 Å². The Balaban J connectivity index is 1.24. The van der Waals surface area contributed by atoms with Crippen LogP contribution in [0.25, 0.3) is 10.9 Å². The summed E-state index contributed by atoms with van der Waals surface area (Å²) in [6.07, 6.45) is 3.16. The van der Waals surface area contributed by atoms with Gasteiger partial charge in [-0.15, -0.1) is 0 Å². The second-order valence-corrected chi connectivity index (χ2v) is 7.00. The molecule has 0 saturated heterocycles. The molecule has 0 bridgehead atoms. The Morgan fingerprint density at radius 2 is 1.66 bits per heavy atom. The van der Waals surface area contributed by atoms with E-state index in [2.05, 4.69) is 10.3 Å². The first kappa shape index (κ1) is 18.8. The van der Waals surface area contributed by atoms with Crippen molar-refractivity contribution in [3.63, 3.8) is 0 Å². The monoisotopic (exact) mass is 387 g/mol. The highest BCUT2D eigenvalue weighted by Gasteiger charge is 2.34. The van der Waals surface area contributed by atoms with Crippen molar-refractivity contribution < 1.29 is 14.4 Å². The lowest BCUT2D eigenvalue weighted by atomic mass is 10.1. The van der Waals surface area contributed by atoms with Gasteiger partial charge in [-0.05, 0) is 36.6 Å². The minimum Gasteiger partial charge on any atom is -0.356 e.